The van der Waals surface area contributed by atoms with E-state index in [4.69, 9.17) is 0 Å². The first-order valence-electron chi connectivity index (χ1n) is 7.30. The maximum atomic E-state index is 9.43. The SMILES string of the molecule is OCC1CNCCN1c1ncc(Cc2ccccc2)cn1. The van der Waals surface area contributed by atoms with E-state index < -0.39 is 0 Å². The van der Waals surface area contributed by atoms with Gasteiger partial charge in [-0.1, -0.05) is 30.3 Å². The molecule has 2 aromatic rings. The number of rotatable bonds is 4. The molecule has 1 aromatic heterocycles. The van der Waals surface area contributed by atoms with E-state index in [1.165, 1.54) is 5.56 Å². The number of nitrogens with one attached hydrogen (secondary N) is 1. The number of aliphatic hydroxyl groups is 1. The van der Waals surface area contributed by atoms with E-state index in [-0.39, 0.29) is 12.6 Å². The molecule has 1 aliphatic heterocycles. The lowest BCUT2D eigenvalue weighted by Crippen LogP contribution is -2.53. The summed E-state index contributed by atoms with van der Waals surface area (Å²) in [6, 6.07) is 10.4. The molecule has 21 heavy (non-hydrogen) atoms. The molecule has 5 heteroatoms. The Morgan fingerprint density at radius 3 is 2.62 bits per heavy atom. The van der Waals surface area contributed by atoms with Gasteiger partial charge in [0.2, 0.25) is 5.95 Å². The minimum atomic E-state index is 0.0544. The molecule has 1 atom stereocenters. The summed E-state index contributed by atoms with van der Waals surface area (Å²) in [5.41, 5.74) is 2.35. The zero-order valence-electron chi connectivity index (χ0n) is 11.9. The fourth-order valence-corrected chi connectivity index (χ4v) is 2.61. The van der Waals surface area contributed by atoms with Crippen molar-refractivity contribution in [2.75, 3.05) is 31.1 Å². The van der Waals surface area contributed by atoms with E-state index in [9.17, 15) is 5.11 Å². The topological polar surface area (TPSA) is 61.3 Å². The normalized spacial score (nSPS) is 18.7. The van der Waals surface area contributed by atoms with Crippen LogP contribution < -0.4 is 10.2 Å². The molecule has 3 rings (SSSR count). The third-order valence-electron chi connectivity index (χ3n) is 3.76. The largest absolute Gasteiger partial charge is 0.394 e. The molecule has 110 valence electrons. The van der Waals surface area contributed by atoms with E-state index in [1.54, 1.807) is 0 Å². The molecule has 1 aliphatic rings. The van der Waals surface area contributed by atoms with Crippen LogP contribution >= 0.6 is 0 Å². The molecule has 0 aliphatic carbocycles. The lowest BCUT2D eigenvalue weighted by molar-refractivity contribution is 0.245. The van der Waals surface area contributed by atoms with Crippen LogP contribution in [0.15, 0.2) is 42.7 Å². The van der Waals surface area contributed by atoms with Gasteiger partial charge in [0.15, 0.2) is 0 Å². The molecule has 1 unspecified atom stereocenters. The highest BCUT2D eigenvalue weighted by Gasteiger charge is 2.23. The smallest absolute Gasteiger partial charge is 0.225 e. The Morgan fingerprint density at radius 1 is 1.14 bits per heavy atom. The highest BCUT2D eigenvalue weighted by Crippen LogP contribution is 2.14. The summed E-state index contributed by atoms with van der Waals surface area (Å²) in [6.45, 7) is 2.60. The van der Waals surface area contributed by atoms with Crippen LogP contribution in [0, 0.1) is 0 Å². The van der Waals surface area contributed by atoms with E-state index in [1.807, 2.05) is 30.6 Å². The van der Waals surface area contributed by atoms with E-state index in [0.29, 0.717) is 5.95 Å². The van der Waals surface area contributed by atoms with Crippen molar-refractivity contribution in [3.63, 3.8) is 0 Å². The average Bonchev–Trinajstić information content (AvgIpc) is 2.56. The molecule has 0 spiro atoms. The predicted octanol–water partition coefficient (Wildman–Crippen LogP) is 0.838. The summed E-state index contributed by atoms with van der Waals surface area (Å²) in [4.78, 5) is 11.0. The molecule has 5 nitrogen and oxygen atoms in total. The minimum absolute atomic E-state index is 0.0544. The zero-order valence-corrected chi connectivity index (χ0v) is 11.9. The number of hydrogen-bond acceptors (Lipinski definition) is 5. The molecule has 0 saturated carbocycles. The van der Waals surface area contributed by atoms with Gasteiger partial charge in [0.05, 0.1) is 12.6 Å². The van der Waals surface area contributed by atoms with E-state index >= 15 is 0 Å². The molecule has 0 radical (unpaired) electrons. The fourth-order valence-electron chi connectivity index (χ4n) is 2.61. The molecular weight excluding hydrogens is 264 g/mol. The van der Waals surface area contributed by atoms with Crippen molar-refractivity contribution >= 4 is 5.95 Å². The number of hydrogen-bond donors (Lipinski definition) is 2. The van der Waals surface area contributed by atoms with Gasteiger partial charge in [-0.3, -0.25) is 0 Å². The van der Waals surface area contributed by atoms with Crippen LogP contribution in [0.3, 0.4) is 0 Å². The highest BCUT2D eigenvalue weighted by molar-refractivity contribution is 5.34. The van der Waals surface area contributed by atoms with E-state index in [2.05, 4.69) is 32.3 Å². The van der Waals surface area contributed by atoms with Crippen LogP contribution in [0.25, 0.3) is 0 Å². The Hall–Kier alpha value is -1.98. The Balaban J connectivity index is 1.71. The Morgan fingerprint density at radius 2 is 1.90 bits per heavy atom. The number of nitrogens with zero attached hydrogens (tertiary/aromatic N) is 3. The molecule has 2 N–H and O–H groups in total. The van der Waals surface area contributed by atoms with Gasteiger partial charge in [-0.2, -0.15) is 0 Å². The van der Waals surface area contributed by atoms with Gasteiger partial charge in [0.25, 0.3) is 0 Å². The van der Waals surface area contributed by atoms with Gasteiger partial charge < -0.3 is 15.3 Å². The maximum Gasteiger partial charge on any atom is 0.225 e. The summed E-state index contributed by atoms with van der Waals surface area (Å²) < 4.78 is 0. The van der Waals surface area contributed by atoms with Crippen LogP contribution in [-0.2, 0) is 6.42 Å². The van der Waals surface area contributed by atoms with Gasteiger partial charge in [-0.05, 0) is 11.1 Å². The average molecular weight is 284 g/mol. The Kier molecular flexibility index (Phi) is 4.43. The summed E-state index contributed by atoms with van der Waals surface area (Å²) >= 11 is 0. The molecule has 1 aromatic carbocycles. The fraction of sp³-hybridized carbons (Fsp3) is 0.375. The number of aromatic nitrogens is 2. The number of benzene rings is 1. The quantitative estimate of drug-likeness (QED) is 0.871. The van der Waals surface area contributed by atoms with Crippen molar-refractivity contribution in [2.45, 2.75) is 12.5 Å². The van der Waals surface area contributed by atoms with Crippen LogP contribution in [0.4, 0.5) is 5.95 Å². The maximum absolute atomic E-state index is 9.43. The lowest BCUT2D eigenvalue weighted by Gasteiger charge is -2.35. The van der Waals surface area contributed by atoms with Crippen molar-refractivity contribution in [1.82, 2.24) is 15.3 Å². The Labute approximate surface area is 124 Å². The second kappa shape index (κ2) is 6.65. The first-order valence-corrected chi connectivity index (χ1v) is 7.30. The van der Waals surface area contributed by atoms with Gasteiger partial charge in [-0.15, -0.1) is 0 Å². The van der Waals surface area contributed by atoms with Crippen LogP contribution in [0.1, 0.15) is 11.1 Å². The molecule has 1 saturated heterocycles. The van der Waals surface area contributed by atoms with Gasteiger partial charge in [0.1, 0.15) is 0 Å². The molecule has 0 amide bonds. The van der Waals surface area contributed by atoms with Crippen molar-refractivity contribution < 1.29 is 5.11 Å². The minimum Gasteiger partial charge on any atom is -0.394 e. The zero-order chi connectivity index (χ0) is 14.5. The number of anilines is 1. The summed E-state index contributed by atoms with van der Waals surface area (Å²) in [6.07, 6.45) is 4.60. The number of piperazine rings is 1. The molecule has 1 fully saturated rings. The van der Waals surface area contributed by atoms with Gasteiger partial charge in [0, 0.05) is 38.4 Å². The van der Waals surface area contributed by atoms with Gasteiger partial charge >= 0.3 is 0 Å². The standard InChI is InChI=1S/C16H20N4O/c21-12-15-11-17-6-7-20(15)16-18-9-14(10-19-16)8-13-4-2-1-3-5-13/h1-5,9-10,15,17,21H,6-8,11-12H2. The first-order chi connectivity index (χ1) is 10.4. The van der Waals surface area contributed by atoms with Crippen molar-refractivity contribution in [1.29, 1.82) is 0 Å². The third-order valence-corrected chi connectivity index (χ3v) is 3.76. The second-order valence-corrected chi connectivity index (χ2v) is 5.29. The highest BCUT2D eigenvalue weighted by atomic mass is 16.3. The van der Waals surface area contributed by atoms with Crippen molar-refractivity contribution in [3.8, 4) is 0 Å². The van der Waals surface area contributed by atoms with Crippen molar-refractivity contribution in [3.05, 3.63) is 53.9 Å². The van der Waals surface area contributed by atoms with Crippen LogP contribution in [0.2, 0.25) is 0 Å². The van der Waals surface area contributed by atoms with Crippen LogP contribution in [-0.4, -0.2) is 47.4 Å². The molecule has 2 heterocycles. The molecular formula is C16H20N4O. The predicted molar refractivity (Wildman–Crippen MR) is 82.4 cm³/mol. The molecule has 0 bridgehead atoms. The second-order valence-electron chi connectivity index (χ2n) is 5.29. The van der Waals surface area contributed by atoms with E-state index in [0.717, 1.165) is 31.6 Å². The summed E-state index contributed by atoms with van der Waals surface area (Å²) in [5, 5.41) is 12.7. The first kappa shape index (κ1) is 14.0. The third kappa shape index (κ3) is 3.37. The monoisotopic (exact) mass is 284 g/mol. The van der Waals surface area contributed by atoms with Gasteiger partial charge in [-0.25, -0.2) is 9.97 Å². The lowest BCUT2D eigenvalue weighted by atomic mass is 10.1. The van der Waals surface area contributed by atoms with Crippen LogP contribution in [0.5, 0.6) is 0 Å². The summed E-state index contributed by atoms with van der Waals surface area (Å²) in [5.74, 6) is 0.701. The van der Waals surface area contributed by atoms with Crippen molar-refractivity contribution in [2.24, 2.45) is 0 Å². The summed E-state index contributed by atoms with van der Waals surface area (Å²) in [7, 11) is 0. The Bertz CT molecular complexity index is 558. The number of aliphatic hydroxyl groups excluding tert-OH is 1.